The van der Waals surface area contributed by atoms with Crippen molar-refractivity contribution in [2.75, 3.05) is 0 Å². The van der Waals surface area contributed by atoms with Crippen molar-refractivity contribution in [2.45, 2.75) is 23.8 Å². The normalized spacial score (nSPS) is 10.1. The Morgan fingerprint density at radius 1 is 1.30 bits per heavy atom. The Morgan fingerprint density at radius 3 is 2.70 bits per heavy atom. The molecule has 0 aliphatic rings. The number of benzene rings is 1. The van der Waals surface area contributed by atoms with Gasteiger partial charge in [-0.25, -0.2) is 4.98 Å². The highest BCUT2D eigenvalue weighted by Gasteiger charge is 2.16. The molecule has 6 heteroatoms. The van der Waals surface area contributed by atoms with Crippen LogP contribution in [0.1, 0.15) is 16.8 Å². The van der Waals surface area contributed by atoms with Crippen molar-refractivity contribution in [3.8, 4) is 6.07 Å². The summed E-state index contributed by atoms with van der Waals surface area (Å²) in [7, 11) is 0. The summed E-state index contributed by atoms with van der Waals surface area (Å²) in [6.45, 7) is 3.98. The number of aryl methyl sites for hydroxylation is 2. The van der Waals surface area contributed by atoms with Crippen molar-refractivity contribution in [1.29, 1.82) is 5.26 Å². The highest BCUT2D eigenvalue weighted by atomic mass is 32.2. The summed E-state index contributed by atoms with van der Waals surface area (Å²) in [5, 5.41) is 20.3. The number of nitriles is 1. The molecule has 1 aromatic carbocycles. The number of pyridine rings is 1. The summed E-state index contributed by atoms with van der Waals surface area (Å²) < 4.78 is 0. The van der Waals surface area contributed by atoms with E-state index in [1.165, 1.54) is 17.8 Å². The maximum absolute atomic E-state index is 10.8. The van der Waals surface area contributed by atoms with Crippen LogP contribution in [0.4, 0.5) is 5.69 Å². The van der Waals surface area contributed by atoms with Gasteiger partial charge in [-0.2, -0.15) is 5.26 Å². The molecular formula is C14H11N3O2S. The van der Waals surface area contributed by atoms with E-state index in [2.05, 4.69) is 4.98 Å². The molecule has 0 radical (unpaired) electrons. The molecule has 100 valence electrons. The molecular weight excluding hydrogens is 274 g/mol. The minimum absolute atomic E-state index is 0.162. The molecule has 5 nitrogen and oxygen atoms in total. The fraction of sp³-hybridized carbons (Fsp3) is 0.143. The second-order valence-corrected chi connectivity index (χ2v) is 5.32. The lowest BCUT2D eigenvalue weighted by Gasteiger charge is -2.06. The van der Waals surface area contributed by atoms with E-state index in [0.717, 1.165) is 16.0 Å². The minimum Gasteiger partial charge on any atom is -0.258 e. The van der Waals surface area contributed by atoms with E-state index in [4.69, 9.17) is 5.26 Å². The molecule has 0 aliphatic carbocycles. The maximum atomic E-state index is 10.8. The van der Waals surface area contributed by atoms with Crippen LogP contribution in [0.25, 0.3) is 0 Å². The topological polar surface area (TPSA) is 79.8 Å². The van der Waals surface area contributed by atoms with Crippen molar-refractivity contribution in [2.24, 2.45) is 0 Å². The molecule has 0 saturated heterocycles. The number of rotatable bonds is 3. The first-order chi connectivity index (χ1) is 9.51. The molecule has 0 atom stereocenters. The van der Waals surface area contributed by atoms with E-state index in [1.54, 1.807) is 12.1 Å². The van der Waals surface area contributed by atoms with Gasteiger partial charge in [-0.15, -0.1) is 0 Å². The summed E-state index contributed by atoms with van der Waals surface area (Å²) in [5.41, 5.74) is 1.79. The van der Waals surface area contributed by atoms with E-state index >= 15 is 0 Å². The zero-order valence-corrected chi connectivity index (χ0v) is 11.8. The Balaban J connectivity index is 2.38. The van der Waals surface area contributed by atoms with Gasteiger partial charge in [0.15, 0.2) is 0 Å². The number of hydrogen-bond acceptors (Lipinski definition) is 5. The van der Waals surface area contributed by atoms with E-state index in [9.17, 15) is 10.1 Å². The predicted octanol–water partition coefficient (Wildman–Crippen LogP) is 3.63. The third-order valence-electron chi connectivity index (χ3n) is 2.71. The van der Waals surface area contributed by atoms with Gasteiger partial charge in [0.25, 0.3) is 0 Å². The molecule has 2 rings (SSSR count). The molecule has 0 fully saturated rings. The van der Waals surface area contributed by atoms with Gasteiger partial charge in [-0.3, -0.25) is 10.1 Å². The largest absolute Gasteiger partial charge is 0.305 e. The van der Waals surface area contributed by atoms with Crippen molar-refractivity contribution >= 4 is 17.4 Å². The molecule has 0 N–H and O–H groups in total. The van der Waals surface area contributed by atoms with Crippen molar-refractivity contribution in [3.63, 3.8) is 0 Å². The van der Waals surface area contributed by atoms with Crippen LogP contribution in [0.3, 0.4) is 0 Å². The molecule has 0 aliphatic heterocycles. The average Bonchev–Trinajstić information content (AvgIpc) is 2.42. The second kappa shape index (κ2) is 5.72. The Kier molecular flexibility index (Phi) is 4.01. The first-order valence-electron chi connectivity index (χ1n) is 5.82. The molecule has 0 unspecified atom stereocenters. The molecule has 2 aromatic rings. The van der Waals surface area contributed by atoms with Gasteiger partial charge in [-0.05, 0) is 37.1 Å². The minimum atomic E-state index is -0.599. The van der Waals surface area contributed by atoms with Gasteiger partial charge < -0.3 is 0 Å². The van der Waals surface area contributed by atoms with Crippen LogP contribution in [0.5, 0.6) is 0 Å². The molecule has 0 spiro atoms. The quantitative estimate of drug-likeness (QED) is 0.635. The average molecular weight is 285 g/mol. The van der Waals surface area contributed by atoms with Crippen LogP contribution in [0.15, 0.2) is 40.3 Å². The van der Waals surface area contributed by atoms with Crippen molar-refractivity contribution < 1.29 is 4.92 Å². The van der Waals surface area contributed by atoms with Crippen LogP contribution in [-0.4, -0.2) is 9.91 Å². The zero-order chi connectivity index (χ0) is 14.7. The van der Waals surface area contributed by atoms with Crippen molar-refractivity contribution in [3.05, 3.63) is 57.3 Å². The van der Waals surface area contributed by atoms with Crippen LogP contribution < -0.4 is 0 Å². The highest BCUT2D eigenvalue weighted by molar-refractivity contribution is 7.99. The fourth-order valence-corrected chi connectivity index (χ4v) is 2.62. The first kappa shape index (κ1) is 14.0. The molecule has 1 aromatic heterocycles. The number of nitro groups is 1. The van der Waals surface area contributed by atoms with E-state index < -0.39 is 4.92 Å². The van der Waals surface area contributed by atoms with Crippen LogP contribution in [-0.2, 0) is 0 Å². The Labute approximate surface area is 120 Å². The van der Waals surface area contributed by atoms with Gasteiger partial charge in [0.1, 0.15) is 11.1 Å². The van der Waals surface area contributed by atoms with Gasteiger partial charge in [0.2, 0.25) is 5.69 Å². The standard InChI is InChI=1S/C14H11N3O2S/c1-9-3-4-10(2)13(7-9)20-14-6-5-12(17(18)19)11(8-15)16-14/h3-7H,1-2H3. The Hall–Kier alpha value is -2.39. The summed E-state index contributed by atoms with van der Waals surface area (Å²) in [5.74, 6) is 0. The number of hydrogen-bond donors (Lipinski definition) is 0. The molecule has 0 amide bonds. The fourth-order valence-electron chi connectivity index (χ4n) is 1.65. The summed E-state index contributed by atoms with van der Waals surface area (Å²) in [4.78, 5) is 15.2. The zero-order valence-electron chi connectivity index (χ0n) is 11.0. The van der Waals surface area contributed by atoms with E-state index in [0.29, 0.717) is 5.03 Å². The van der Waals surface area contributed by atoms with Crippen LogP contribution in [0.2, 0.25) is 0 Å². The summed E-state index contributed by atoms with van der Waals surface area (Å²) in [6, 6.07) is 10.7. The third kappa shape index (κ3) is 2.95. The van der Waals surface area contributed by atoms with Crippen LogP contribution >= 0.6 is 11.8 Å². The third-order valence-corrected chi connectivity index (χ3v) is 3.81. The lowest BCUT2D eigenvalue weighted by molar-refractivity contribution is -0.385. The van der Waals surface area contributed by atoms with Gasteiger partial charge >= 0.3 is 5.69 Å². The van der Waals surface area contributed by atoms with E-state index in [-0.39, 0.29) is 11.4 Å². The lowest BCUT2D eigenvalue weighted by atomic mass is 10.2. The highest BCUT2D eigenvalue weighted by Crippen LogP contribution is 2.31. The molecule has 0 saturated carbocycles. The summed E-state index contributed by atoms with van der Waals surface area (Å²) >= 11 is 1.39. The number of nitrogens with zero attached hydrogens (tertiary/aromatic N) is 3. The number of aromatic nitrogens is 1. The smallest absolute Gasteiger partial charge is 0.258 e. The van der Waals surface area contributed by atoms with Gasteiger partial charge in [0.05, 0.1) is 4.92 Å². The first-order valence-corrected chi connectivity index (χ1v) is 6.63. The summed E-state index contributed by atoms with van der Waals surface area (Å²) in [6.07, 6.45) is 0. The van der Waals surface area contributed by atoms with Gasteiger partial charge in [0, 0.05) is 11.0 Å². The maximum Gasteiger partial charge on any atom is 0.305 e. The van der Waals surface area contributed by atoms with Crippen molar-refractivity contribution in [1.82, 2.24) is 4.98 Å². The Morgan fingerprint density at radius 2 is 2.05 bits per heavy atom. The molecule has 0 bridgehead atoms. The van der Waals surface area contributed by atoms with Gasteiger partial charge in [-0.1, -0.05) is 23.9 Å². The van der Waals surface area contributed by atoms with Crippen LogP contribution in [0, 0.1) is 35.3 Å². The van der Waals surface area contributed by atoms with E-state index in [1.807, 2.05) is 32.0 Å². The predicted molar refractivity (Wildman–Crippen MR) is 75.6 cm³/mol. The second-order valence-electron chi connectivity index (χ2n) is 4.26. The Bertz CT molecular complexity index is 723. The SMILES string of the molecule is Cc1ccc(C)c(Sc2ccc([N+](=O)[O-])c(C#N)n2)c1. The molecule has 20 heavy (non-hydrogen) atoms. The lowest BCUT2D eigenvalue weighted by Crippen LogP contribution is -1.96. The molecule has 1 heterocycles. The monoisotopic (exact) mass is 285 g/mol.